The van der Waals surface area contributed by atoms with Gasteiger partial charge in [0.1, 0.15) is 6.33 Å². The Kier molecular flexibility index (Phi) is 4.95. The predicted octanol–water partition coefficient (Wildman–Crippen LogP) is 3.28. The van der Waals surface area contributed by atoms with Gasteiger partial charge >= 0.3 is 6.18 Å². The molecule has 4 nitrogen and oxygen atoms in total. The molecule has 0 amide bonds. The average molecular weight is 353 g/mol. The second kappa shape index (κ2) is 6.44. The predicted molar refractivity (Wildman–Crippen MR) is 73.1 cm³/mol. The van der Waals surface area contributed by atoms with Crippen LogP contribution < -0.4 is 0 Å². The molecule has 0 spiro atoms. The van der Waals surface area contributed by atoms with Crippen LogP contribution in [0, 0.1) is 13.8 Å². The summed E-state index contributed by atoms with van der Waals surface area (Å²) < 4.78 is 75.3. The van der Waals surface area contributed by atoms with Gasteiger partial charge in [0.2, 0.25) is 0 Å². The van der Waals surface area contributed by atoms with Gasteiger partial charge in [-0.1, -0.05) is 0 Å². The highest BCUT2D eigenvalue weighted by Gasteiger charge is 2.36. The van der Waals surface area contributed by atoms with Crippen LogP contribution in [0.15, 0.2) is 23.4 Å². The number of aromatic nitrogens is 3. The lowest BCUT2D eigenvalue weighted by Gasteiger charge is -2.15. The largest absolute Gasteiger partial charge is 0.611 e. The summed E-state index contributed by atoms with van der Waals surface area (Å²) >= 11 is -1.96. The van der Waals surface area contributed by atoms with Crippen molar-refractivity contribution in [1.29, 1.82) is 0 Å². The summed E-state index contributed by atoms with van der Waals surface area (Å²) in [6.45, 7) is 3.22. The van der Waals surface area contributed by atoms with Crippen LogP contribution in [0.4, 0.5) is 22.0 Å². The fourth-order valence-corrected chi connectivity index (χ4v) is 3.10. The van der Waals surface area contributed by atoms with Gasteiger partial charge in [-0.05, 0) is 36.7 Å². The van der Waals surface area contributed by atoms with Crippen LogP contribution in [-0.4, -0.2) is 31.5 Å². The van der Waals surface area contributed by atoms with Gasteiger partial charge in [-0.2, -0.15) is 13.2 Å². The van der Waals surface area contributed by atoms with E-state index in [0.717, 1.165) is 11.0 Å². The zero-order chi connectivity index (χ0) is 17.4. The topological polar surface area (TPSA) is 53.8 Å². The van der Waals surface area contributed by atoms with Crippen molar-refractivity contribution in [2.24, 2.45) is 0 Å². The lowest BCUT2D eigenvalue weighted by molar-refractivity contribution is -0.144. The first kappa shape index (κ1) is 17.7. The first-order valence-electron chi connectivity index (χ1n) is 6.36. The molecule has 0 fully saturated rings. The minimum Gasteiger partial charge on any atom is -0.611 e. The van der Waals surface area contributed by atoms with Gasteiger partial charge in [-0.25, -0.2) is 18.4 Å². The quantitative estimate of drug-likeness (QED) is 0.626. The number of aryl methyl sites for hydroxylation is 2. The highest BCUT2D eigenvalue weighted by Crippen LogP contribution is 2.28. The smallest absolute Gasteiger partial charge is 0.453 e. The van der Waals surface area contributed by atoms with Crippen molar-refractivity contribution in [3.8, 4) is 5.69 Å². The number of hydrogen-bond donors (Lipinski definition) is 0. The van der Waals surface area contributed by atoms with Crippen molar-refractivity contribution in [3.05, 3.63) is 35.4 Å². The molecule has 0 saturated carbocycles. The van der Waals surface area contributed by atoms with Gasteiger partial charge in [0.05, 0.1) is 5.69 Å². The molecule has 1 aromatic carbocycles. The van der Waals surface area contributed by atoms with E-state index in [-0.39, 0.29) is 10.6 Å². The van der Waals surface area contributed by atoms with E-state index in [2.05, 4.69) is 10.1 Å². The van der Waals surface area contributed by atoms with E-state index < -0.39 is 35.4 Å². The number of hydrogen-bond acceptors (Lipinski definition) is 3. The summed E-state index contributed by atoms with van der Waals surface area (Å²) in [6.07, 6.45) is -6.56. The van der Waals surface area contributed by atoms with Crippen molar-refractivity contribution in [3.63, 3.8) is 0 Å². The standard InChI is InChI=1S/C13H12F5N3OS/c1-7-3-8(2)10(23(22)5-11(14)15)4-9(7)21-6-19-12(20-21)13(16,17)18/h3-4,6,11H,5H2,1-2H3. The Morgan fingerprint density at radius 3 is 2.39 bits per heavy atom. The third kappa shape index (κ3) is 3.99. The van der Waals surface area contributed by atoms with E-state index in [1.807, 2.05) is 0 Å². The highest BCUT2D eigenvalue weighted by atomic mass is 32.2. The molecule has 1 unspecified atom stereocenters. The van der Waals surface area contributed by atoms with Crippen LogP contribution >= 0.6 is 0 Å². The Balaban J connectivity index is 2.45. The molecular formula is C13H12F5N3OS. The van der Waals surface area contributed by atoms with E-state index in [4.69, 9.17) is 0 Å². The van der Waals surface area contributed by atoms with Crippen molar-refractivity contribution in [1.82, 2.24) is 14.8 Å². The van der Waals surface area contributed by atoms with Crippen LogP contribution in [0.5, 0.6) is 0 Å². The molecule has 23 heavy (non-hydrogen) atoms. The second-order valence-electron chi connectivity index (χ2n) is 4.82. The van der Waals surface area contributed by atoms with E-state index in [1.165, 1.54) is 6.07 Å². The summed E-state index contributed by atoms with van der Waals surface area (Å²) in [6, 6.07) is 2.86. The second-order valence-corrected chi connectivity index (χ2v) is 6.28. The third-order valence-corrected chi connectivity index (χ3v) is 4.49. The number of rotatable bonds is 4. The first-order chi connectivity index (χ1) is 10.6. The zero-order valence-corrected chi connectivity index (χ0v) is 12.9. The molecule has 0 aliphatic rings. The molecule has 2 aromatic rings. The molecule has 10 heteroatoms. The van der Waals surface area contributed by atoms with Gasteiger partial charge < -0.3 is 4.55 Å². The fraction of sp³-hybridized carbons (Fsp3) is 0.385. The average Bonchev–Trinajstić information content (AvgIpc) is 2.86. The van der Waals surface area contributed by atoms with Gasteiger partial charge in [0, 0.05) is 11.6 Å². The Morgan fingerprint density at radius 1 is 1.22 bits per heavy atom. The molecular weight excluding hydrogens is 341 g/mol. The number of benzene rings is 1. The lowest BCUT2D eigenvalue weighted by Crippen LogP contribution is -2.16. The molecule has 126 valence electrons. The lowest BCUT2D eigenvalue weighted by atomic mass is 10.1. The molecule has 0 radical (unpaired) electrons. The van der Waals surface area contributed by atoms with Crippen LogP contribution in [0.2, 0.25) is 0 Å². The number of halogens is 5. The molecule has 0 saturated heterocycles. The highest BCUT2D eigenvalue weighted by molar-refractivity contribution is 7.91. The van der Waals surface area contributed by atoms with Gasteiger partial charge in [-0.15, -0.1) is 5.10 Å². The van der Waals surface area contributed by atoms with E-state index in [0.29, 0.717) is 11.1 Å². The molecule has 1 heterocycles. The SMILES string of the molecule is Cc1cc(C)c([S+]([O-])CC(F)F)cc1-n1cnc(C(F)(F)F)n1. The Bertz CT molecular complexity index is 701. The summed E-state index contributed by atoms with van der Waals surface area (Å²) in [5.74, 6) is -2.15. The fourth-order valence-electron chi connectivity index (χ4n) is 2.03. The monoisotopic (exact) mass is 353 g/mol. The minimum atomic E-state index is -4.69. The molecule has 0 aliphatic heterocycles. The maximum Gasteiger partial charge on any atom is 0.453 e. The van der Waals surface area contributed by atoms with E-state index in [1.54, 1.807) is 19.9 Å². The van der Waals surface area contributed by atoms with Crippen molar-refractivity contribution >= 4 is 11.2 Å². The summed E-state index contributed by atoms with van der Waals surface area (Å²) in [5, 5.41) is 3.34. The molecule has 0 aliphatic carbocycles. The normalized spacial score (nSPS) is 13.6. The van der Waals surface area contributed by atoms with Crippen molar-refractivity contribution in [2.75, 3.05) is 5.75 Å². The van der Waals surface area contributed by atoms with Gasteiger partial charge in [-0.3, -0.25) is 0 Å². The van der Waals surface area contributed by atoms with Crippen LogP contribution in [0.3, 0.4) is 0 Å². The maximum absolute atomic E-state index is 12.6. The van der Waals surface area contributed by atoms with Crippen molar-refractivity contribution < 1.29 is 26.5 Å². The number of alkyl halides is 5. The zero-order valence-electron chi connectivity index (χ0n) is 12.1. The minimum absolute atomic E-state index is 0.134. The Labute approximate surface area is 131 Å². The molecule has 2 rings (SSSR count). The van der Waals surface area contributed by atoms with E-state index in [9.17, 15) is 26.5 Å². The molecule has 0 N–H and O–H groups in total. The summed E-state index contributed by atoms with van der Waals surface area (Å²) in [4.78, 5) is 3.32. The first-order valence-corrected chi connectivity index (χ1v) is 7.68. The molecule has 0 bridgehead atoms. The van der Waals surface area contributed by atoms with Crippen LogP contribution in [0.1, 0.15) is 17.0 Å². The Hall–Kier alpha value is -1.68. The van der Waals surface area contributed by atoms with Crippen molar-refractivity contribution in [2.45, 2.75) is 31.3 Å². The van der Waals surface area contributed by atoms with Crippen LogP contribution in [0.25, 0.3) is 5.69 Å². The summed E-state index contributed by atoms with van der Waals surface area (Å²) in [5.41, 5.74) is 1.27. The van der Waals surface area contributed by atoms with Crippen LogP contribution in [-0.2, 0) is 17.4 Å². The molecule has 1 atom stereocenters. The van der Waals surface area contributed by atoms with Gasteiger partial charge in [0.25, 0.3) is 12.2 Å². The molecule has 1 aromatic heterocycles. The third-order valence-electron chi connectivity index (χ3n) is 3.01. The van der Waals surface area contributed by atoms with Gasteiger partial charge in [0.15, 0.2) is 10.6 Å². The summed E-state index contributed by atoms with van der Waals surface area (Å²) in [7, 11) is 0. The Morgan fingerprint density at radius 2 is 1.87 bits per heavy atom. The van der Waals surface area contributed by atoms with E-state index >= 15 is 0 Å². The maximum atomic E-state index is 12.6. The number of nitrogens with zero attached hydrogens (tertiary/aromatic N) is 3.